The van der Waals surface area contributed by atoms with Crippen LogP contribution >= 0.6 is 11.8 Å². The topological polar surface area (TPSA) is 21.3 Å². The predicted octanol–water partition coefficient (Wildman–Crippen LogP) is 2.92. The molecule has 2 nitrogen and oxygen atoms in total. The lowest BCUT2D eigenvalue weighted by atomic mass is 9.71. The monoisotopic (exact) mass is 257 g/mol. The van der Waals surface area contributed by atoms with Crippen LogP contribution in [0.2, 0.25) is 0 Å². The summed E-state index contributed by atoms with van der Waals surface area (Å²) in [6.45, 7) is 9.12. The van der Waals surface area contributed by atoms with Gasteiger partial charge in [-0.15, -0.1) is 11.8 Å². The number of ether oxygens (including phenoxy) is 1. The maximum absolute atomic E-state index is 5.30. The normalized spacial score (nSPS) is 35.6. The van der Waals surface area contributed by atoms with Gasteiger partial charge >= 0.3 is 0 Å². The van der Waals surface area contributed by atoms with Crippen LogP contribution < -0.4 is 5.32 Å². The Hall–Kier alpha value is 0.270. The van der Waals surface area contributed by atoms with Gasteiger partial charge in [-0.1, -0.05) is 20.8 Å². The molecule has 0 amide bonds. The van der Waals surface area contributed by atoms with E-state index in [1.54, 1.807) is 0 Å². The molecule has 1 saturated heterocycles. The van der Waals surface area contributed by atoms with Gasteiger partial charge in [0.15, 0.2) is 0 Å². The van der Waals surface area contributed by atoms with Crippen LogP contribution in [-0.4, -0.2) is 36.8 Å². The third-order valence-electron chi connectivity index (χ3n) is 4.36. The molecule has 0 aromatic carbocycles. The van der Waals surface area contributed by atoms with Gasteiger partial charge in [0.2, 0.25) is 0 Å². The third-order valence-corrected chi connectivity index (χ3v) is 5.89. The first kappa shape index (κ1) is 13.7. The molecule has 0 aromatic rings. The highest BCUT2D eigenvalue weighted by atomic mass is 32.2. The summed E-state index contributed by atoms with van der Waals surface area (Å²) in [5.41, 5.74) is 0.466. The smallest absolute Gasteiger partial charge is 0.0608 e. The molecule has 2 fully saturated rings. The maximum atomic E-state index is 5.30. The molecular formula is C14H27NOS. The summed E-state index contributed by atoms with van der Waals surface area (Å²) in [6.07, 6.45) is 4.09. The maximum Gasteiger partial charge on any atom is 0.0608 e. The first-order chi connectivity index (χ1) is 8.00. The SMILES string of the molecule is CNC1CCC(C(C)(C)C)CC1SC1COC1. The first-order valence-corrected chi connectivity index (χ1v) is 7.85. The quantitative estimate of drug-likeness (QED) is 0.840. The number of rotatable bonds is 3. The fourth-order valence-electron chi connectivity index (χ4n) is 2.94. The molecule has 0 aromatic heterocycles. The van der Waals surface area contributed by atoms with Gasteiger partial charge in [-0.2, -0.15) is 0 Å². The van der Waals surface area contributed by atoms with Gasteiger partial charge in [-0.05, 0) is 37.6 Å². The lowest BCUT2D eigenvalue weighted by Gasteiger charge is -2.43. The van der Waals surface area contributed by atoms with Crippen molar-refractivity contribution in [3.05, 3.63) is 0 Å². The Morgan fingerprint density at radius 2 is 1.88 bits per heavy atom. The Kier molecular flexibility index (Phi) is 4.43. The second-order valence-corrected chi connectivity index (χ2v) is 8.15. The summed E-state index contributed by atoms with van der Waals surface area (Å²) >= 11 is 2.17. The highest BCUT2D eigenvalue weighted by Crippen LogP contribution is 2.43. The van der Waals surface area contributed by atoms with Crippen molar-refractivity contribution in [2.75, 3.05) is 20.3 Å². The molecule has 3 unspecified atom stereocenters. The van der Waals surface area contributed by atoms with Crippen LogP contribution in [0.25, 0.3) is 0 Å². The zero-order chi connectivity index (χ0) is 12.5. The van der Waals surface area contributed by atoms with E-state index in [4.69, 9.17) is 4.74 Å². The molecule has 2 aliphatic rings. The summed E-state index contributed by atoms with van der Waals surface area (Å²) in [7, 11) is 2.12. The van der Waals surface area contributed by atoms with E-state index in [1.807, 2.05) is 0 Å². The van der Waals surface area contributed by atoms with Crippen molar-refractivity contribution in [3.8, 4) is 0 Å². The van der Waals surface area contributed by atoms with Gasteiger partial charge in [-0.25, -0.2) is 0 Å². The molecule has 17 heavy (non-hydrogen) atoms. The second-order valence-electron chi connectivity index (χ2n) is 6.61. The van der Waals surface area contributed by atoms with Gasteiger partial charge < -0.3 is 10.1 Å². The standard InChI is InChI=1S/C14H27NOS/c1-14(2,3)10-5-6-12(15-4)13(7-10)17-11-8-16-9-11/h10-13,15H,5-9H2,1-4H3. The van der Waals surface area contributed by atoms with Gasteiger partial charge in [-0.3, -0.25) is 0 Å². The van der Waals surface area contributed by atoms with E-state index in [0.717, 1.165) is 29.6 Å². The summed E-state index contributed by atoms with van der Waals surface area (Å²) in [5.74, 6) is 0.880. The minimum atomic E-state index is 0.466. The van der Waals surface area contributed by atoms with E-state index in [1.165, 1.54) is 19.3 Å². The zero-order valence-electron chi connectivity index (χ0n) is 11.7. The molecule has 2 rings (SSSR count). The molecule has 0 spiro atoms. The van der Waals surface area contributed by atoms with Crippen LogP contribution in [0.4, 0.5) is 0 Å². The molecule has 1 aliphatic heterocycles. The number of hydrogen-bond acceptors (Lipinski definition) is 3. The molecule has 1 heterocycles. The summed E-state index contributed by atoms with van der Waals surface area (Å²) in [4.78, 5) is 0. The lowest BCUT2D eigenvalue weighted by molar-refractivity contribution is 0.0448. The van der Waals surface area contributed by atoms with Crippen LogP contribution in [0.5, 0.6) is 0 Å². The minimum absolute atomic E-state index is 0.466. The Morgan fingerprint density at radius 1 is 1.18 bits per heavy atom. The van der Waals surface area contributed by atoms with Crippen molar-refractivity contribution in [3.63, 3.8) is 0 Å². The number of nitrogens with one attached hydrogen (secondary N) is 1. The van der Waals surface area contributed by atoms with Crippen molar-refractivity contribution in [2.45, 2.75) is 56.6 Å². The molecule has 100 valence electrons. The Balaban J connectivity index is 1.93. The Labute approximate surface area is 110 Å². The summed E-state index contributed by atoms with van der Waals surface area (Å²) < 4.78 is 5.30. The van der Waals surface area contributed by atoms with Crippen molar-refractivity contribution in [2.24, 2.45) is 11.3 Å². The van der Waals surface area contributed by atoms with Crippen molar-refractivity contribution in [1.82, 2.24) is 5.32 Å². The lowest BCUT2D eigenvalue weighted by Crippen LogP contribution is -2.45. The summed E-state index contributed by atoms with van der Waals surface area (Å²) in [5, 5.41) is 5.06. The van der Waals surface area contributed by atoms with Crippen LogP contribution in [-0.2, 0) is 4.74 Å². The molecule has 3 heteroatoms. The van der Waals surface area contributed by atoms with E-state index in [2.05, 4.69) is 44.9 Å². The van der Waals surface area contributed by atoms with Crippen molar-refractivity contribution >= 4 is 11.8 Å². The second kappa shape index (κ2) is 5.50. The Bertz CT molecular complexity index is 247. The molecular weight excluding hydrogens is 230 g/mol. The average Bonchev–Trinajstić information content (AvgIpc) is 2.22. The van der Waals surface area contributed by atoms with Crippen LogP contribution in [0, 0.1) is 11.3 Å². The molecule has 1 aliphatic carbocycles. The van der Waals surface area contributed by atoms with E-state index in [-0.39, 0.29) is 0 Å². The average molecular weight is 257 g/mol. The molecule has 1 N–H and O–H groups in total. The molecule has 1 saturated carbocycles. The van der Waals surface area contributed by atoms with E-state index in [0.29, 0.717) is 11.5 Å². The fraction of sp³-hybridized carbons (Fsp3) is 1.00. The highest BCUT2D eigenvalue weighted by molar-refractivity contribution is 8.00. The van der Waals surface area contributed by atoms with Crippen molar-refractivity contribution in [1.29, 1.82) is 0 Å². The number of thioether (sulfide) groups is 1. The molecule has 0 radical (unpaired) electrons. The first-order valence-electron chi connectivity index (χ1n) is 6.91. The Morgan fingerprint density at radius 3 is 2.35 bits per heavy atom. The largest absolute Gasteiger partial charge is 0.379 e. The van der Waals surface area contributed by atoms with Crippen LogP contribution in [0.15, 0.2) is 0 Å². The van der Waals surface area contributed by atoms with E-state index < -0.39 is 0 Å². The van der Waals surface area contributed by atoms with E-state index >= 15 is 0 Å². The zero-order valence-corrected chi connectivity index (χ0v) is 12.5. The van der Waals surface area contributed by atoms with Gasteiger partial charge in [0.25, 0.3) is 0 Å². The van der Waals surface area contributed by atoms with Crippen LogP contribution in [0.1, 0.15) is 40.0 Å². The van der Waals surface area contributed by atoms with Gasteiger partial charge in [0.05, 0.1) is 18.5 Å². The van der Waals surface area contributed by atoms with Crippen molar-refractivity contribution < 1.29 is 4.74 Å². The third kappa shape index (κ3) is 3.39. The van der Waals surface area contributed by atoms with E-state index in [9.17, 15) is 0 Å². The number of hydrogen-bond donors (Lipinski definition) is 1. The minimum Gasteiger partial charge on any atom is -0.379 e. The van der Waals surface area contributed by atoms with Gasteiger partial charge in [0.1, 0.15) is 0 Å². The molecule has 3 atom stereocenters. The summed E-state index contributed by atoms with van der Waals surface area (Å²) in [6, 6.07) is 0.708. The predicted molar refractivity (Wildman–Crippen MR) is 75.6 cm³/mol. The fourth-order valence-corrected chi connectivity index (χ4v) is 4.59. The van der Waals surface area contributed by atoms with Gasteiger partial charge in [0, 0.05) is 11.3 Å². The van der Waals surface area contributed by atoms with Crippen LogP contribution in [0.3, 0.4) is 0 Å². The molecule has 0 bridgehead atoms. The highest BCUT2D eigenvalue weighted by Gasteiger charge is 2.37.